The van der Waals surface area contributed by atoms with E-state index in [-0.39, 0.29) is 0 Å². The molecule has 2 aliphatic rings. The smallest absolute Gasteiger partial charge is 0.128 e. The molecule has 0 radical (unpaired) electrons. The van der Waals surface area contributed by atoms with Gasteiger partial charge in [-0.25, -0.2) is 4.98 Å². The first-order valence-corrected chi connectivity index (χ1v) is 7.89. The van der Waals surface area contributed by atoms with E-state index in [4.69, 9.17) is 4.52 Å². The molecule has 2 saturated heterocycles. The summed E-state index contributed by atoms with van der Waals surface area (Å²) in [5.41, 5.74) is 1.17. The highest BCUT2D eigenvalue weighted by atomic mass is 16.5. The molecule has 0 N–H and O–H groups in total. The van der Waals surface area contributed by atoms with Crippen LogP contribution in [0.25, 0.3) is 0 Å². The predicted octanol–water partition coefficient (Wildman–Crippen LogP) is 1.08. The summed E-state index contributed by atoms with van der Waals surface area (Å²) >= 11 is 0. The van der Waals surface area contributed by atoms with Crippen molar-refractivity contribution in [1.29, 1.82) is 0 Å². The third-order valence-corrected chi connectivity index (χ3v) is 4.63. The molecule has 0 saturated carbocycles. The number of hydrogen-bond donors (Lipinski definition) is 0. The lowest BCUT2D eigenvalue weighted by Gasteiger charge is -2.48. The summed E-state index contributed by atoms with van der Waals surface area (Å²) in [4.78, 5) is 11.9. The van der Waals surface area contributed by atoms with E-state index >= 15 is 0 Å². The van der Waals surface area contributed by atoms with Crippen molar-refractivity contribution in [3.63, 3.8) is 0 Å². The van der Waals surface area contributed by atoms with E-state index in [9.17, 15) is 0 Å². The van der Waals surface area contributed by atoms with Gasteiger partial charge in [-0.1, -0.05) is 11.2 Å². The van der Waals surface area contributed by atoms with Crippen molar-refractivity contribution in [3.05, 3.63) is 42.4 Å². The maximum atomic E-state index is 4.88. The van der Waals surface area contributed by atoms with E-state index in [1.807, 2.05) is 12.3 Å². The van der Waals surface area contributed by atoms with Gasteiger partial charge >= 0.3 is 0 Å². The summed E-state index contributed by atoms with van der Waals surface area (Å²) in [6.07, 6.45) is 5.41. The molecule has 116 valence electrons. The van der Waals surface area contributed by atoms with Crippen LogP contribution in [0.15, 0.2) is 41.4 Å². The van der Waals surface area contributed by atoms with Crippen molar-refractivity contribution in [1.82, 2.24) is 19.9 Å². The third kappa shape index (κ3) is 2.84. The second-order valence-electron chi connectivity index (χ2n) is 6.09. The minimum Gasteiger partial charge on any atom is -0.364 e. The van der Waals surface area contributed by atoms with E-state index in [1.165, 1.54) is 5.56 Å². The molecule has 2 aromatic rings. The van der Waals surface area contributed by atoms with E-state index in [0.717, 1.165) is 51.6 Å². The number of nitrogens with zero attached hydrogens (tertiary/aromatic N) is 5. The summed E-state index contributed by atoms with van der Waals surface area (Å²) in [5.74, 6) is 1.10. The van der Waals surface area contributed by atoms with Gasteiger partial charge in [-0.05, 0) is 12.1 Å². The van der Waals surface area contributed by atoms with Crippen molar-refractivity contribution in [3.8, 4) is 0 Å². The Labute approximate surface area is 130 Å². The fourth-order valence-electron chi connectivity index (χ4n) is 3.32. The van der Waals surface area contributed by atoms with Crippen LogP contribution >= 0.6 is 0 Å². The summed E-state index contributed by atoms with van der Waals surface area (Å²) in [5, 5.41) is 3.76. The Morgan fingerprint density at radius 1 is 1.14 bits per heavy atom. The van der Waals surface area contributed by atoms with E-state index in [2.05, 4.69) is 37.0 Å². The zero-order valence-electron chi connectivity index (χ0n) is 12.6. The normalized spacial score (nSPS) is 21.0. The highest BCUT2D eigenvalue weighted by Crippen LogP contribution is 2.20. The monoisotopic (exact) mass is 299 g/mol. The Morgan fingerprint density at radius 2 is 2.00 bits per heavy atom. The molecule has 0 amide bonds. The van der Waals surface area contributed by atoms with Crippen molar-refractivity contribution in [2.45, 2.75) is 12.6 Å². The van der Waals surface area contributed by atoms with Crippen molar-refractivity contribution in [2.75, 3.05) is 44.2 Å². The van der Waals surface area contributed by atoms with Gasteiger partial charge in [-0.3, -0.25) is 9.80 Å². The highest BCUT2D eigenvalue weighted by Gasteiger charge is 2.33. The average molecular weight is 299 g/mol. The van der Waals surface area contributed by atoms with Crippen LogP contribution in [0, 0.1) is 0 Å². The summed E-state index contributed by atoms with van der Waals surface area (Å²) in [6, 6.07) is 6.83. The molecule has 0 aliphatic carbocycles. The Hall–Kier alpha value is -1.92. The van der Waals surface area contributed by atoms with Gasteiger partial charge in [0.05, 0.1) is 6.20 Å². The Morgan fingerprint density at radius 3 is 2.68 bits per heavy atom. The number of piperazine rings is 1. The molecular weight excluding hydrogens is 278 g/mol. The molecular formula is C16H21N5O. The maximum absolute atomic E-state index is 4.88. The lowest BCUT2D eigenvalue weighted by Crippen LogP contribution is -2.62. The molecule has 0 atom stereocenters. The van der Waals surface area contributed by atoms with Crippen LogP contribution < -0.4 is 4.90 Å². The zero-order chi connectivity index (χ0) is 14.8. The van der Waals surface area contributed by atoms with Gasteiger partial charge in [0.25, 0.3) is 0 Å². The molecule has 4 heterocycles. The lowest BCUT2D eigenvalue weighted by molar-refractivity contribution is 0.0254. The number of anilines is 1. The number of aromatic nitrogens is 2. The predicted molar refractivity (Wildman–Crippen MR) is 83.6 cm³/mol. The van der Waals surface area contributed by atoms with Gasteiger partial charge in [0, 0.05) is 63.6 Å². The average Bonchev–Trinajstić information content (AvgIpc) is 3.05. The Bertz CT molecular complexity index is 574. The van der Waals surface area contributed by atoms with Crippen LogP contribution in [-0.4, -0.2) is 65.3 Å². The van der Waals surface area contributed by atoms with Gasteiger partial charge in [0.2, 0.25) is 0 Å². The van der Waals surface area contributed by atoms with Gasteiger partial charge in [0.15, 0.2) is 0 Å². The first-order valence-electron chi connectivity index (χ1n) is 7.89. The van der Waals surface area contributed by atoms with E-state index in [0.29, 0.717) is 6.04 Å². The number of likely N-dealkylation sites (tertiary alicyclic amines) is 1. The van der Waals surface area contributed by atoms with Gasteiger partial charge in [-0.2, -0.15) is 0 Å². The summed E-state index contributed by atoms with van der Waals surface area (Å²) < 4.78 is 4.88. The van der Waals surface area contributed by atoms with Gasteiger partial charge in [0.1, 0.15) is 12.1 Å². The van der Waals surface area contributed by atoms with Crippen molar-refractivity contribution >= 4 is 5.82 Å². The van der Waals surface area contributed by atoms with Crippen molar-refractivity contribution < 1.29 is 4.52 Å². The Balaban J connectivity index is 1.24. The first kappa shape index (κ1) is 13.7. The molecule has 2 aliphatic heterocycles. The molecule has 6 nitrogen and oxygen atoms in total. The molecule has 2 fully saturated rings. The number of pyridine rings is 1. The molecule has 22 heavy (non-hydrogen) atoms. The zero-order valence-corrected chi connectivity index (χ0v) is 12.6. The van der Waals surface area contributed by atoms with Gasteiger partial charge in [-0.15, -0.1) is 0 Å². The van der Waals surface area contributed by atoms with Crippen LogP contribution in [0.5, 0.6) is 0 Å². The SMILES string of the molecule is c1ccc(N2CCN(C3CN(Cc4cnoc4)C3)CC2)nc1. The van der Waals surface area contributed by atoms with Crippen LogP contribution in [-0.2, 0) is 6.54 Å². The quantitative estimate of drug-likeness (QED) is 0.842. The largest absolute Gasteiger partial charge is 0.364 e. The van der Waals surface area contributed by atoms with Crippen LogP contribution in [0.1, 0.15) is 5.56 Å². The molecule has 2 aromatic heterocycles. The fraction of sp³-hybridized carbons (Fsp3) is 0.500. The third-order valence-electron chi connectivity index (χ3n) is 4.63. The second-order valence-corrected chi connectivity index (χ2v) is 6.09. The van der Waals surface area contributed by atoms with E-state index < -0.39 is 0 Å². The highest BCUT2D eigenvalue weighted by molar-refractivity contribution is 5.38. The molecule has 6 heteroatoms. The number of hydrogen-bond acceptors (Lipinski definition) is 6. The molecule has 4 rings (SSSR count). The topological polar surface area (TPSA) is 48.6 Å². The number of rotatable bonds is 4. The minimum atomic E-state index is 0.700. The first-order chi connectivity index (χ1) is 10.9. The maximum Gasteiger partial charge on any atom is 0.128 e. The van der Waals surface area contributed by atoms with Crippen LogP contribution in [0.4, 0.5) is 5.82 Å². The summed E-state index contributed by atoms with van der Waals surface area (Å²) in [6.45, 7) is 7.64. The molecule has 0 unspecified atom stereocenters. The lowest BCUT2D eigenvalue weighted by atomic mass is 10.1. The van der Waals surface area contributed by atoms with Gasteiger partial charge < -0.3 is 9.42 Å². The fourth-order valence-corrected chi connectivity index (χ4v) is 3.32. The standard InChI is InChI=1S/C16H21N5O/c1-2-4-17-16(3-1)21-7-5-20(6-8-21)15-11-19(12-15)10-14-9-18-22-13-14/h1-4,9,13,15H,5-8,10-12H2. The molecule has 0 spiro atoms. The summed E-state index contributed by atoms with van der Waals surface area (Å²) in [7, 11) is 0. The van der Waals surface area contributed by atoms with Crippen molar-refractivity contribution in [2.24, 2.45) is 0 Å². The Kier molecular flexibility index (Phi) is 3.78. The van der Waals surface area contributed by atoms with Crippen LogP contribution in [0.2, 0.25) is 0 Å². The second kappa shape index (κ2) is 6.06. The van der Waals surface area contributed by atoms with Crippen LogP contribution in [0.3, 0.4) is 0 Å². The molecule has 0 bridgehead atoms. The minimum absolute atomic E-state index is 0.700. The van der Waals surface area contributed by atoms with E-state index in [1.54, 1.807) is 12.5 Å². The molecule has 0 aromatic carbocycles.